The molecule has 1 unspecified atom stereocenters. The molecule has 0 spiro atoms. The first kappa shape index (κ1) is 19.7. The summed E-state index contributed by atoms with van der Waals surface area (Å²) in [6.07, 6.45) is 1.96. The molecule has 1 heterocycles. The highest BCUT2D eigenvalue weighted by atomic mass is 16.5. The summed E-state index contributed by atoms with van der Waals surface area (Å²) >= 11 is 0. The lowest BCUT2D eigenvalue weighted by molar-refractivity contribution is -0.130. The van der Waals surface area contributed by atoms with Gasteiger partial charge in [0.2, 0.25) is 5.91 Å². The smallest absolute Gasteiger partial charge is 0.259 e. The molecular formula is C22H27N3O3. The van der Waals surface area contributed by atoms with Crippen LogP contribution in [0.3, 0.4) is 0 Å². The molecule has 2 aromatic carbocycles. The summed E-state index contributed by atoms with van der Waals surface area (Å²) in [6, 6.07) is 15.6. The monoisotopic (exact) mass is 381 g/mol. The van der Waals surface area contributed by atoms with E-state index in [1.54, 1.807) is 26.2 Å². The lowest BCUT2D eigenvalue weighted by Crippen LogP contribution is -2.44. The van der Waals surface area contributed by atoms with Crippen molar-refractivity contribution in [3.63, 3.8) is 0 Å². The van der Waals surface area contributed by atoms with E-state index in [-0.39, 0.29) is 31.0 Å². The van der Waals surface area contributed by atoms with E-state index in [2.05, 4.69) is 18.3 Å². The van der Waals surface area contributed by atoms with E-state index in [0.717, 1.165) is 24.2 Å². The number of nitrogens with zero attached hydrogens (tertiary/aromatic N) is 2. The zero-order chi connectivity index (χ0) is 20.1. The van der Waals surface area contributed by atoms with Crippen LogP contribution in [0.15, 0.2) is 48.5 Å². The maximum atomic E-state index is 12.9. The van der Waals surface area contributed by atoms with Crippen molar-refractivity contribution in [3.05, 3.63) is 54.1 Å². The molecule has 0 saturated carbocycles. The number of benzene rings is 2. The fraction of sp³-hybridized carbons (Fsp3) is 0.364. The molecule has 0 aromatic heterocycles. The van der Waals surface area contributed by atoms with E-state index < -0.39 is 0 Å². The minimum absolute atomic E-state index is 0.0164. The maximum absolute atomic E-state index is 12.9. The summed E-state index contributed by atoms with van der Waals surface area (Å²) in [6.45, 7) is 2.26. The topological polar surface area (TPSA) is 61.9 Å². The minimum Gasteiger partial charge on any atom is -0.484 e. The van der Waals surface area contributed by atoms with Crippen LogP contribution in [0.5, 0.6) is 5.75 Å². The van der Waals surface area contributed by atoms with Crippen LogP contribution >= 0.6 is 0 Å². The van der Waals surface area contributed by atoms with Crippen LogP contribution < -0.4 is 15.0 Å². The van der Waals surface area contributed by atoms with E-state index in [1.807, 2.05) is 35.2 Å². The van der Waals surface area contributed by atoms with Gasteiger partial charge < -0.3 is 19.9 Å². The maximum Gasteiger partial charge on any atom is 0.259 e. The van der Waals surface area contributed by atoms with Gasteiger partial charge in [0, 0.05) is 37.6 Å². The van der Waals surface area contributed by atoms with E-state index in [1.165, 1.54) is 10.5 Å². The lowest BCUT2D eigenvalue weighted by Gasteiger charge is -2.35. The Hall–Kier alpha value is -3.02. The number of carbonyl (C=O) groups is 2. The van der Waals surface area contributed by atoms with E-state index >= 15 is 0 Å². The standard InChI is InChI=1S/C22H27N3O3/c1-16-11-12-17-7-4-5-10-20(17)25(16)21(26)14-23-18-8-6-9-19(13-18)28-15-22(27)24(2)3/h4-10,13,16,23H,11-12,14-15H2,1-3H3. The number of nitrogens with one attached hydrogen (secondary N) is 1. The van der Waals surface area contributed by atoms with Crippen molar-refractivity contribution < 1.29 is 14.3 Å². The van der Waals surface area contributed by atoms with Gasteiger partial charge in [-0.1, -0.05) is 24.3 Å². The molecule has 1 aliphatic rings. The normalized spacial score (nSPS) is 15.5. The Balaban J connectivity index is 1.62. The summed E-state index contributed by atoms with van der Waals surface area (Å²) in [7, 11) is 3.38. The summed E-state index contributed by atoms with van der Waals surface area (Å²) in [4.78, 5) is 27.9. The number of amides is 2. The Morgan fingerprint density at radius 2 is 1.96 bits per heavy atom. The second-order valence-corrected chi connectivity index (χ2v) is 7.24. The summed E-state index contributed by atoms with van der Waals surface area (Å²) in [5.74, 6) is 0.518. The number of aryl methyl sites for hydroxylation is 1. The van der Waals surface area contributed by atoms with Crippen LogP contribution in [0.2, 0.25) is 0 Å². The second kappa shape index (κ2) is 8.78. The second-order valence-electron chi connectivity index (χ2n) is 7.24. The third-order valence-corrected chi connectivity index (χ3v) is 4.93. The molecule has 1 aliphatic heterocycles. The summed E-state index contributed by atoms with van der Waals surface area (Å²) < 4.78 is 5.53. The highest BCUT2D eigenvalue weighted by Gasteiger charge is 2.27. The molecule has 6 nitrogen and oxygen atoms in total. The molecule has 1 atom stereocenters. The number of anilines is 2. The first-order valence-corrected chi connectivity index (χ1v) is 9.52. The predicted octanol–water partition coefficient (Wildman–Crippen LogP) is 2.93. The number of hydrogen-bond acceptors (Lipinski definition) is 4. The number of ether oxygens (including phenoxy) is 1. The quantitative estimate of drug-likeness (QED) is 0.836. The number of carbonyl (C=O) groups excluding carboxylic acids is 2. The molecule has 6 heteroatoms. The van der Waals surface area contributed by atoms with Crippen molar-refractivity contribution in [2.75, 3.05) is 37.5 Å². The van der Waals surface area contributed by atoms with Gasteiger partial charge in [-0.25, -0.2) is 0 Å². The molecule has 28 heavy (non-hydrogen) atoms. The molecule has 0 fully saturated rings. The number of likely N-dealkylation sites (N-methyl/N-ethyl adjacent to an activating group) is 1. The van der Waals surface area contributed by atoms with Crippen LogP contribution in [-0.4, -0.2) is 50.0 Å². The zero-order valence-corrected chi connectivity index (χ0v) is 16.6. The first-order chi connectivity index (χ1) is 13.5. The molecule has 0 bridgehead atoms. The van der Waals surface area contributed by atoms with Gasteiger partial charge in [-0.15, -0.1) is 0 Å². The molecule has 0 aliphatic carbocycles. The Morgan fingerprint density at radius 3 is 2.75 bits per heavy atom. The first-order valence-electron chi connectivity index (χ1n) is 9.52. The van der Waals surface area contributed by atoms with Crippen LogP contribution in [0.25, 0.3) is 0 Å². The van der Waals surface area contributed by atoms with Gasteiger partial charge >= 0.3 is 0 Å². The van der Waals surface area contributed by atoms with Gasteiger partial charge in [-0.3, -0.25) is 9.59 Å². The fourth-order valence-electron chi connectivity index (χ4n) is 3.30. The molecule has 0 radical (unpaired) electrons. The van der Waals surface area contributed by atoms with Gasteiger partial charge in [0.05, 0.1) is 6.54 Å². The predicted molar refractivity (Wildman–Crippen MR) is 111 cm³/mol. The minimum atomic E-state index is -0.105. The Kier molecular flexibility index (Phi) is 6.19. The zero-order valence-electron chi connectivity index (χ0n) is 16.6. The van der Waals surface area contributed by atoms with Crippen molar-refractivity contribution >= 4 is 23.2 Å². The van der Waals surface area contributed by atoms with Gasteiger partial charge in [0.25, 0.3) is 5.91 Å². The van der Waals surface area contributed by atoms with Crippen LogP contribution in [0.4, 0.5) is 11.4 Å². The Bertz CT molecular complexity index is 850. The van der Waals surface area contributed by atoms with Crippen LogP contribution in [0.1, 0.15) is 18.9 Å². The Labute approximate surface area is 166 Å². The highest BCUT2D eigenvalue weighted by molar-refractivity contribution is 5.97. The molecule has 3 rings (SSSR count). The molecule has 0 saturated heterocycles. The fourth-order valence-corrected chi connectivity index (χ4v) is 3.30. The van der Waals surface area contributed by atoms with Gasteiger partial charge in [-0.05, 0) is 43.5 Å². The number of hydrogen-bond donors (Lipinski definition) is 1. The Morgan fingerprint density at radius 1 is 1.18 bits per heavy atom. The van der Waals surface area contributed by atoms with E-state index in [0.29, 0.717) is 5.75 Å². The molecule has 2 amide bonds. The van der Waals surface area contributed by atoms with Crippen LogP contribution in [-0.2, 0) is 16.0 Å². The van der Waals surface area contributed by atoms with Crippen molar-refractivity contribution in [1.29, 1.82) is 0 Å². The summed E-state index contributed by atoms with van der Waals surface area (Å²) in [5.41, 5.74) is 3.00. The lowest BCUT2D eigenvalue weighted by atomic mass is 9.96. The summed E-state index contributed by atoms with van der Waals surface area (Å²) in [5, 5.41) is 3.18. The third kappa shape index (κ3) is 4.63. The number of fused-ring (bicyclic) bond motifs is 1. The van der Waals surface area contributed by atoms with Gasteiger partial charge in [0.15, 0.2) is 6.61 Å². The average Bonchev–Trinajstić information content (AvgIpc) is 2.70. The van der Waals surface area contributed by atoms with E-state index in [9.17, 15) is 9.59 Å². The largest absolute Gasteiger partial charge is 0.484 e. The number of rotatable bonds is 6. The van der Waals surface area contributed by atoms with Crippen molar-refractivity contribution in [2.24, 2.45) is 0 Å². The molecular weight excluding hydrogens is 354 g/mol. The van der Waals surface area contributed by atoms with Crippen molar-refractivity contribution in [2.45, 2.75) is 25.8 Å². The molecule has 2 aromatic rings. The SMILES string of the molecule is CC1CCc2ccccc2N1C(=O)CNc1cccc(OCC(=O)N(C)C)c1. The van der Waals surface area contributed by atoms with E-state index in [4.69, 9.17) is 4.74 Å². The third-order valence-electron chi connectivity index (χ3n) is 4.93. The highest BCUT2D eigenvalue weighted by Crippen LogP contribution is 2.30. The molecule has 148 valence electrons. The van der Waals surface area contributed by atoms with Crippen LogP contribution in [0, 0.1) is 0 Å². The molecule has 1 N–H and O–H groups in total. The van der Waals surface area contributed by atoms with Gasteiger partial charge in [-0.2, -0.15) is 0 Å². The van der Waals surface area contributed by atoms with Crippen molar-refractivity contribution in [1.82, 2.24) is 4.90 Å². The van der Waals surface area contributed by atoms with Gasteiger partial charge in [0.1, 0.15) is 5.75 Å². The average molecular weight is 381 g/mol. The number of para-hydroxylation sites is 1. The van der Waals surface area contributed by atoms with Crippen molar-refractivity contribution in [3.8, 4) is 5.75 Å².